The second kappa shape index (κ2) is 12.1. The minimum Gasteiger partial charge on any atom is -0.480 e. The minimum absolute atomic E-state index is 0.00918. The third-order valence-corrected chi connectivity index (χ3v) is 6.32. The van der Waals surface area contributed by atoms with Crippen LogP contribution in [0.25, 0.3) is 0 Å². The fourth-order valence-corrected chi connectivity index (χ4v) is 4.29. The molecule has 7 N–H and O–H groups in total. The number of rotatable bonds is 12. The highest BCUT2D eigenvalue weighted by Gasteiger charge is 2.29. The highest BCUT2D eigenvalue weighted by atomic mass is 32.2. The Bertz CT molecular complexity index is 1130. The SMILES string of the molecule is Cc1ccc(S(=O)(=O)NC(Cc2cccc(F)c2)C(=O)NC(CCCN=C(N)N)C(=O)O)cc1. The van der Waals surface area contributed by atoms with E-state index >= 15 is 0 Å². The third-order valence-electron chi connectivity index (χ3n) is 4.83. The number of guanidine groups is 1. The fraction of sp³-hybridized carbons (Fsp3) is 0.318. The number of nitrogens with zero attached hydrogens (tertiary/aromatic N) is 1. The molecule has 0 aromatic heterocycles. The molecule has 0 heterocycles. The van der Waals surface area contributed by atoms with E-state index in [1.54, 1.807) is 19.1 Å². The number of carboxylic acid groups (broad SMARTS) is 1. The first-order chi connectivity index (χ1) is 16.0. The minimum atomic E-state index is -4.14. The van der Waals surface area contributed by atoms with Gasteiger partial charge in [-0.2, -0.15) is 4.72 Å². The molecule has 184 valence electrons. The average Bonchev–Trinajstić information content (AvgIpc) is 2.75. The first-order valence-corrected chi connectivity index (χ1v) is 11.9. The molecule has 2 aromatic carbocycles. The zero-order valence-corrected chi connectivity index (χ0v) is 19.4. The van der Waals surface area contributed by atoms with E-state index in [2.05, 4.69) is 15.0 Å². The number of aryl methyl sites for hydroxylation is 1. The molecule has 2 atom stereocenters. The van der Waals surface area contributed by atoms with Crippen LogP contribution in [0.15, 0.2) is 58.4 Å². The Kier molecular flexibility index (Phi) is 9.51. The molecular formula is C22H28FN5O5S. The number of nitrogens with two attached hydrogens (primary N) is 2. The highest BCUT2D eigenvalue weighted by Crippen LogP contribution is 2.14. The van der Waals surface area contributed by atoms with Crippen molar-refractivity contribution in [2.75, 3.05) is 6.54 Å². The quantitative estimate of drug-likeness (QED) is 0.164. The monoisotopic (exact) mass is 493 g/mol. The molecule has 0 aliphatic rings. The molecule has 0 radical (unpaired) electrons. The second-order valence-electron chi connectivity index (χ2n) is 7.67. The van der Waals surface area contributed by atoms with Crippen molar-refractivity contribution in [2.24, 2.45) is 16.5 Å². The molecule has 0 aliphatic heterocycles. The fourth-order valence-electron chi connectivity index (χ4n) is 3.09. The van der Waals surface area contributed by atoms with Gasteiger partial charge >= 0.3 is 5.97 Å². The van der Waals surface area contributed by atoms with Crippen molar-refractivity contribution >= 4 is 27.9 Å². The molecule has 2 rings (SSSR count). The maximum absolute atomic E-state index is 13.7. The average molecular weight is 494 g/mol. The molecular weight excluding hydrogens is 465 g/mol. The number of benzene rings is 2. The third kappa shape index (κ3) is 8.45. The lowest BCUT2D eigenvalue weighted by Crippen LogP contribution is -2.52. The predicted molar refractivity (Wildman–Crippen MR) is 125 cm³/mol. The van der Waals surface area contributed by atoms with Crippen molar-refractivity contribution in [3.63, 3.8) is 0 Å². The molecule has 0 bridgehead atoms. The first kappa shape index (κ1) is 26.7. The Morgan fingerprint density at radius 2 is 1.79 bits per heavy atom. The van der Waals surface area contributed by atoms with Crippen LogP contribution in [0.4, 0.5) is 4.39 Å². The van der Waals surface area contributed by atoms with Gasteiger partial charge in [0.1, 0.15) is 17.9 Å². The van der Waals surface area contributed by atoms with Gasteiger partial charge in [-0.25, -0.2) is 17.6 Å². The number of hydrogen-bond acceptors (Lipinski definition) is 5. The van der Waals surface area contributed by atoms with Gasteiger partial charge in [0.25, 0.3) is 0 Å². The van der Waals surface area contributed by atoms with E-state index in [1.165, 1.54) is 36.4 Å². The molecule has 2 aromatic rings. The molecule has 12 heteroatoms. The number of hydrogen-bond donors (Lipinski definition) is 5. The zero-order chi connectivity index (χ0) is 25.3. The van der Waals surface area contributed by atoms with Gasteiger partial charge in [0, 0.05) is 6.54 Å². The molecule has 34 heavy (non-hydrogen) atoms. The van der Waals surface area contributed by atoms with Crippen LogP contribution in [0.2, 0.25) is 0 Å². The smallest absolute Gasteiger partial charge is 0.326 e. The van der Waals surface area contributed by atoms with Gasteiger partial charge in [-0.05, 0) is 56.0 Å². The van der Waals surface area contributed by atoms with Crippen molar-refractivity contribution in [1.29, 1.82) is 0 Å². The van der Waals surface area contributed by atoms with Gasteiger partial charge < -0.3 is 21.9 Å². The summed E-state index contributed by atoms with van der Waals surface area (Å²) in [4.78, 5) is 28.3. The molecule has 0 spiro atoms. The van der Waals surface area contributed by atoms with Crippen molar-refractivity contribution in [1.82, 2.24) is 10.0 Å². The molecule has 2 unspecified atom stereocenters. The lowest BCUT2D eigenvalue weighted by atomic mass is 10.0. The van der Waals surface area contributed by atoms with E-state index in [1.807, 2.05) is 0 Å². The van der Waals surface area contributed by atoms with Crippen molar-refractivity contribution < 1.29 is 27.5 Å². The zero-order valence-electron chi connectivity index (χ0n) is 18.6. The Morgan fingerprint density at radius 1 is 1.12 bits per heavy atom. The van der Waals surface area contributed by atoms with E-state index in [9.17, 15) is 27.5 Å². The van der Waals surface area contributed by atoms with Gasteiger partial charge in [0.05, 0.1) is 4.90 Å². The van der Waals surface area contributed by atoms with E-state index in [0.717, 1.165) is 5.56 Å². The Morgan fingerprint density at radius 3 is 2.38 bits per heavy atom. The largest absolute Gasteiger partial charge is 0.480 e. The summed E-state index contributed by atoms with van der Waals surface area (Å²) in [5, 5.41) is 11.8. The van der Waals surface area contributed by atoms with E-state index in [4.69, 9.17) is 11.5 Å². The lowest BCUT2D eigenvalue weighted by Gasteiger charge is -2.22. The van der Waals surface area contributed by atoms with Crippen LogP contribution < -0.4 is 21.5 Å². The van der Waals surface area contributed by atoms with Gasteiger partial charge in [0.15, 0.2) is 5.96 Å². The highest BCUT2D eigenvalue weighted by molar-refractivity contribution is 7.89. The summed E-state index contributed by atoms with van der Waals surface area (Å²) in [6, 6.07) is 8.63. The van der Waals surface area contributed by atoms with Gasteiger partial charge in [-0.3, -0.25) is 9.79 Å². The number of carboxylic acids is 1. The predicted octanol–water partition coefficient (Wildman–Crippen LogP) is 0.647. The number of amides is 1. The summed E-state index contributed by atoms with van der Waals surface area (Å²) < 4.78 is 41.8. The molecule has 10 nitrogen and oxygen atoms in total. The van der Waals surface area contributed by atoms with Crippen molar-refractivity contribution in [2.45, 2.75) is 43.2 Å². The Balaban J connectivity index is 2.24. The molecule has 0 saturated heterocycles. The standard InChI is InChI=1S/C22H28FN5O5S/c1-14-7-9-17(10-8-14)34(32,33)28-19(13-15-4-2-5-16(23)12-15)20(29)27-18(21(30)31)6-3-11-26-22(24)25/h2,4-5,7-10,12,18-19,28H,3,6,11,13H2,1H3,(H,27,29)(H,30,31)(H4,24,25,26). The van der Waals surface area contributed by atoms with Crippen LogP contribution in [-0.4, -0.2) is 50.0 Å². The van der Waals surface area contributed by atoms with Crippen LogP contribution >= 0.6 is 0 Å². The van der Waals surface area contributed by atoms with Crippen LogP contribution in [0.5, 0.6) is 0 Å². The number of carbonyl (C=O) groups is 2. The van der Waals surface area contributed by atoms with Crippen LogP contribution in [0.3, 0.4) is 0 Å². The first-order valence-electron chi connectivity index (χ1n) is 10.4. The van der Waals surface area contributed by atoms with Crippen molar-refractivity contribution in [3.8, 4) is 0 Å². The number of carbonyl (C=O) groups excluding carboxylic acids is 1. The Labute approximate surface area is 197 Å². The van der Waals surface area contributed by atoms with E-state index in [0.29, 0.717) is 5.56 Å². The lowest BCUT2D eigenvalue weighted by molar-refractivity contribution is -0.142. The number of nitrogens with one attached hydrogen (secondary N) is 2. The van der Waals surface area contributed by atoms with Gasteiger partial charge in [-0.1, -0.05) is 29.8 Å². The summed E-state index contributed by atoms with van der Waals surface area (Å²) in [5.41, 5.74) is 11.7. The summed E-state index contributed by atoms with van der Waals surface area (Å²) in [7, 11) is -4.14. The molecule has 1 amide bonds. The Hall–Kier alpha value is -3.51. The number of aliphatic imine (C=N–C) groups is 1. The topological polar surface area (TPSA) is 177 Å². The number of aliphatic carboxylic acids is 1. The molecule has 0 saturated carbocycles. The summed E-state index contributed by atoms with van der Waals surface area (Å²) >= 11 is 0. The molecule has 0 aliphatic carbocycles. The van der Waals surface area contributed by atoms with E-state index < -0.39 is 39.8 Å². The van der Waals surface area contributed by atoms with Crippen LogP contribution in [-0.2, 0) is 26.0 Å². The number of halogens is 1. The maximum atomic E-state index is 13.7. The normalized spacial score (nSPS) is 13.0. The van der Waals surface area contributed by atoms with E-state index in [-0.39, 0.29) is 36.7 Å². The van der Waals surface area contributed by atoms with Crippen LogP contribution in [0.1, 0.15) is 24.0 Å². The van der Waals surface area contributed by atoms with Gasteiger partial charge in [-0.15, -0.1) is 0 Å². The van der Waals surface area contributed by atoms with Crippen molar-refractivity contribution in [3.05, 3.63) is 65.5 Å². The molecule has 0 fully saturated rings. The summed E-state index contributed by atoms with van der Waals surface area (Å²) in [6.07, 6.45) is 0.0725. The number of sulfonamides is 1. The van der Waals surface area contributed by atoms with Crippen LogP contribution in [0, 0.1) is 12.7 Å². The summed E-state index contributed by atoms with van der Waals surface area (Å²) in [5.74, 6) is -2.86. The van der Waals surface area contributed by atoms with Gasteiger partial charge in [0.2, 0.25) is 15.9 Å². The maximum Gasteiger partial charge on any atom is 0.326 e. The second-order valence-corrected chi connectivity index (χ2v) is 9.38. The summed E-state index contributed by atoms with van der Waals surface area (Å²) in [6.45, 7) is 1.96.